The third-order valence-corrected chi connectivity index (χ3v) is 13.4. The molecule has 298 valence electrons. The van der Waals surface area contributed by atoms with Crippen LogP contribution in [0.25, 0.3) is 0 Å². The van der Waals surface area contributed by atoms with Crippen LogP contribution in [-0.4, -0.2) is 0 Å². The zero-order chi connectivity index (χ0) is 39.0. The van der Waals surface area contributed by atoms with E-state index in [1.807, 2.05) is 0 Å². The molecule has 0 heterocycles. The lowest BCUT2D eigenvalue weighted by atomic mass is 9.63. The summed E-state index contributed by atoms with van der Waals surface area (Å²) in [6.45, 7) is 11.5. The monoisotopic (exact) mass is 741 g/mol. The summed E-state index contributed by atoms with van der Waals surface area (Å²) in [7, 11) is 0. The minimum absolute atomic E-state index is 0.0553. The van der Waals surface area contributed by atoms with Crippen molar-refractivity contribution in [3.63, 3.8) is 0 Å². The van der Waals surface area contributed by atoms with E-state index in [4.69, 9.17) is 11.5 Å². The van der Waals surface area contributed by atoms with Crippen molar-refractivity contribution in [1.82, 2.24) is 0 Å². The molecule has 0 aliphatic heterocycles. The Morgan fingerprint density at radius 2 is 0.873 bits per heavy atom. The van der Waals surface area contributed by atoms with Crippen LogP contribution < -0.4 is 11.5 Å². The molecule has 0 spiro atoms. The van der Waals surface area contributed by atoms with Gasteiger partial charge in [-0.05, 0) is 127 Å². The van der Waals surface area contributed by atoms with Gasteiger partial charge in [0.25, 0.3) is 0 Å². The van der Waals surface area contributed by atoms with Crippen LogP contribution in [0.5, 0.6) is 0 Å². The molecule has 0 bridgehead atoms. The highest BCUT2D eigenvalue weighted by Crippen LogP contribution is 2.48. The van der Waals surface area contributed by atoms with Crippen molar-refractivity contribution in [3.05, 3.63) is 129 Å². The zero-order valence-corrected chi connectivity index (χ0v) is 35.6. The van der Waals surface area contributed by atoms with Crippen LogP contribution in [0.2, 0.25) is 0 Å². The van der Waals surface area contributed by atoms with E-state index in [0.29, 0.717) is 11.8 Å². The first-order valence-electron chi connectivity index (χ1n) is 22.7. The quantitative estimate of drug-likeness (QED) is 0.0623. The van der Waals surface area contributed by atoms with Crippen LogP contribution in [0.15, 0.2) is 84.9 Å². The lowest BCUT2D eigenvalue weighted by molar-refractivity contribution is 0.280. The minimum atomic E-state index is 0.0553. The number of anilines is 2. The van der Waals surface area contributed by atoms with E-state index in [-0.39, 0.29) is 5.41 Å². The van der Waals surface area contributed by atoms with Gasteiger partial charge in [-0.1, -0.05) is 171 Å². The van der Waals surface area contributed by atoms with Crippen LogP contribution >= 0.6 is 0 Å². The van der Waals surface area contributed by atoms with E-state index in [2.05, 4.69) is 120 Å². The number of benzene rings is 4. The van der Waals surface area contributed by atoms with Crippen molar-refractivity contribution in [3.8, 4) is 0 Å². The molecule has 2 heteroatoms. The molecule has 2 atom stereocenters. The molecular weight excluding hydrogens is 665 g/mol. The maximum atomic E-state index is 6.24. The standard InChI is InChI=1S/C53H76N2/c1-6-8-10-12-14-16-18-20-51(49-32-30-47(54)38-41(49)4)43-22-26-45(27-23-43)53(36-34-40(3)35-37-53)46-28-24-44(25-29-46)52(21-19-17-15-13-11-9-7-2)50-33-31-48(55)39-42(50)5/h22-33,38-40,51-52H,6-21,34-37,54-55H2,1-5H3. The number of nitrogen functional groups attached to an aromatic ring is 2. The minimum Gasteiger partial charge on any atom is -0.399 e. The lowest BCUT2D eigenvalue weighted by Gasteiger charge is -2.41. The van der Waals surface area contributed by atoms with Crippen molar-refractivity contribution in [2.24, 2.45) is 5.92 Å². The number of nitrogens with two attached hydrogens (primary N) is 2. The predicted molar refractivity (Wildman–Crippen MR) is 241 cm³/mol. The second-order valence-corrected chi connectivity index (χ2v) is 17.7. The van der Waals surface area contributed by atoms with Gasteiger partial charge in [-0.3, -0.25) is 0 Å². The molecule has 2 nitrogen and oxygen atoms in total. The average Bonchev–Trinajstić information content (AvgIpc) is 3.19. The molecule has 4 aromatic rings. The second kappa shape index (κ2) is 21.7. The number of aryl methyl sites for hydroxylation is 2. The topological polar surface area (TPSA) is 52.0 Å². The molecular formula is C53H76N2. The molecule has 0 amide bonds. The predicted octanol–water partition coefficient (Wildman–Crippen LogP) is 15.5. The normalized spacial score (nSPS) is 18.3. The molecule has 4 aromatic carbocycles. The van der Waals surface area contributed by atoms with E-state index in [1.165, 1.54) is 173 Å². The number of rotatable bonds is 22. The summed E-state index contributed by atoms with van der Waals surface area (Å²) in [5.74, 6) is 1.58. The molecule has 1 aliphatic carbocycles. The molecule has 1 fully saturated rings. The SMILES string of the molecule is CCCCCCCCCC(c1ccc(C2(c3ccc(C(CCCCCCCCC)c4ccc(N)cc4C)cc3)CCC(C)CC2)cc1)c1ccc(N)cc1C. The van der Waals surface area contributed by atoms with Crippen molar-refractivity contribution in [1.29, 1.82) is 0 Å². The van der Waals surface area contributed by atoms with Crippen LogP contribution in [0, 0.1) is 19.8 Å². The van der Waals surface area contributed by atoms with Gasteiger partial charge in [0.15, 0.2) is 0 Å². The summed E-state index contributed by atoms with van der Waals surface area (Å²) in [6.07, 6.45) is 26.1. The zero-order valence-electron chi connectivity index (χ0n) is 35.6. The van der Waals surface area contributed by atoms with Gasteiger partial charge in [0.2, 0.25) is 0 Å². The van der Waals surface area contributed by atoms with Gasteiger partial charge in [0.05, 0.1) is 0 Å². The van der Waals surface area contributed by atoms with E-state index in [9.17, 15) is 0 Å². The van der Waals surface area contributed by atoms with Crippen molar-refractivity contribution < 1.29 is 0 Å². The maximum Gasteiger partial charge on any atom is 0.0316 e. The number of hydrogen-bond donors (Lipinski definition) is 2. The third-order valence-electron chi connectivity index (χ3n) is 13.4. The Balaban J connectivity index is 1.39. The summed E-state index contributed by atoms with van der Waals surface area (Å²) in [6, 6.07) is 33.1. The summed E-state index contributed by atoms with van der Waals surface area (Å²) in [5.41, 5.74) is 25.6. The van der Waals surface area contributed by atoms with Gasteiger partial charge in [-0.25, -0.2) is 0 Å². The Morgan fingerprint density at radius 1 is 0.509 bits per heavy atom. The lowest BCUT2D eigenvalue weighted by Crippen LogP contribution is -2.32. The molecule has 5 rings (SSSR count). The molecule has 1 saturated carbocycles. The molecule has 2 unspecified atom stereocenters. The Hall–Kier alpha value is -3.52. The van der Waals surface area contributed by atoms with Crippen molar-refractivity contribution >= 4 is 11.4 Å². The number of unbranched alkanes of at least 4 members (excludes halogenated alkanes) is 12. The van der Waals surface area contributed by atoms with Gasteiger partial charge in [0, 0.05) is 28.6 Å². The molecule has 0 saturated heterocycles. The molecule has 4 N–H and O–H groups in total. The Morgan fingerprint density at radius 3 is 1.24 bits per heavy atom. The smallest absolute Gasteiger partial charge is 0.0316 e. The van der Waals surface area contributed by atoms with E-state index in [0.717, 1.165) is 17.3 Å². The largest absolute Gasteiger partial charge is 0.399 e. The Bertz CT molecular complexity index is 1570. The molecule has 1 aliphatic rings. The summed E-state index contributed by atoms with van der Waals surface area (Å²) >= 11 is 0. The maximum absolute atomic E-state index is 6.24. The molecule has 55 heavy (non-hydrogen) atoms. The fraction of sp³-hybridized carbons (Fsp3) is 0.547. The van der Waals surface area contributed by atoms with Crippen LogP contribution in [-0.2, 0) is 5.41 Å². The molecule has 0 radical (unpaired) electrons. The highest BCUT2D eigenvalue weighted by molar-refractivity contribution is 5.51. The van der Waals surface area contributed by atoms with E-state index in [1.54, 1.807) is 0 Å². The fourth-order valence-corrected chi connectivity index (χ4v) is 9.86. The Kier molecular flexibility index (Phi) is 16.8. The van der Waals surface area contributed by atoms with Crippen LogP contribution in [0.1, 0.15) is 206 Å². The van der Waals surface area contributed by atoms with Gasteiger partial charge in [-0.15, -0.1) is 0 Å². The first kappa shape index (κ1) is 42.6. The van der Waals surface area contributed by atoms with Crippen molar-refractivity contribution in [2.75, 3.05) is 11.5 Å². The highest BCUT2D eigenvalue weighted by atomic mass is 14.5. The second-order valence-electron chi connectivity index (χ2n) is 17.7. The first-order valence-corrected chi connectivity index (χ1v) is 22.7. The summed E-state index contributed by atoms with van der Waals surface area (Å²) < 4.78 is 0. The average molecular weight is 741 g/mol. The van der Waals surface area contributed by atoms with Crippen LogP contribution in [0.3, 0.4) is 0 Å². The van der Waals surface area contributed by atoms with Crippen LogP contribution in [0.4, 0.5) is 11.4 Å². The third kappa shape index (κ3) is 11.8. The summed E-state index contributed by atoms with van der Waals surface area (Å²) in [4.78, 5) is 0. The van der Waals surface area contributed by atoms with Gasteiger partial charge >= 0.3 is 0 Å². The fourth-order valence-electron chi connectivity index (χ4n) is 9.86. The Labute approximate surface area is 337 Å². The van der Waals surface area contributed by atoms with Crippen molar-refractivity contribution in [2.45, 2.75) is 180 Å². The van der Waals surface area contributed by atoms with E-state index >= 15 is 0 Å². The molecule has 0 aromatic heterocycles. The van der Waals surface area contributed by atoms with E-state index < -0.39 is 0 Å². The summed E-state index contributed by atoms with van der Waals surface area (Å²) in [5, 5.41) is 0. The number of hydrogen-bond acceptors (Lipinski definition) is 2. The van der Waals surface area contributed by atoms with Gasteiger partial charge < -0.3 is 11.5 Å². The van der Waals surface area contributed by atoms with Gasteiger partial charge in [0.1, 0.15) is 0 Å². The first-order chi connectivity index (χ1) is 26.8. The van der Waals surface area contributed by atoms with Gasteiger partial charge in [-0.2, -0.15) is 0 Å². The highest BCUT2D eigenvalue weighted by Gasteiger charge is 2.38.